The third kappa shape index (κ3) is 7.00. The molecular weight excluding hydrogens is 705 g/mol. The van der Waals surface area contributed by atoms with Crippen molar-refractivity contribution >= 4 is 49.4 Å². The molecule has 0 spiro atoms. The Morgan fingerprint density at radius 3 is 1.16 bits per heavy atom. The smallest absolute Gasteiger partial charge is 0.164 e. The SMILES string of the molecule is C=CC.c1ccc(-c2nc(-c3ccccc3)nc(-c3cc4c5ccccc5c(-c5ccc(N(c6ccccc6)c6ccccc6)cc5)cc4c4ccccc34)n2)cc1. The number of rotatable bonds is 7. The van der Waals surface area contributed by atoms with Gasteiger partial charge >= 0.3 is 0 Å². The minimum absolute atomic E-state index is 0.648. The highest BCUT2D eigenvalue weighted by Crippen LogP contribution is 2.42. The molecule has 4 heteroatoms. The topological polar surface area (TPSA) is 41.9 Å². The molecule has 0 amide bonds. The van der Waals surface area contributed by atoms with Crippen LogP contribution in [0.5, 0.6) is 0 Å². The number of aromatic nitrogens is 3. The fourth-order valence-electron chi connectivity index (χ4n) is 7.70. The third-order valence-electron chi connectivity index (χ3n) is 10.3. The van der Waals surface area contributed by atoms with Crippen molar-refractivity contribution in [2.45, 2.75) is 6.92 Å². The first kappa shape index (κ1) is 36.0. The van der Waals surface area contributed by atoms with Crippen molar-refractivity contribution in [2.75, 3.05) is 4.90 Å². The molecule has 0 atom stereocenters. The van der Waals surface area contributed by atoms with Crippen molar-refractivity contribution in [3.8, 4) is 45.3 Å². The molecule has 1 aromatic heterocycles. The normalized spacial score (nSPS) is 10.9. The lowest BCUT2D eigenvalue weighted by atomic mass is 9.89. The number of benzene rings is 9. The number of allylic oxidation sites excluding steroid dienone is 1. The summed E-state index contributed by atoms with van der Waals surface area (Å²) in [5.41, 5.74) is 8.56. The standard InChI is InChI=1S/C51H34N4.C3H6/c1-5-17-36(18-6-1)49-52-50(37-19-7-2-8-20-37)54-51(53-49)48-34-47-42-26-14-13-25-41(42)45(33-46(47)43-27-15-16-28-44(43)48)35-29-31-40(32-30-35)55(38-21-9-3-10-22-38)39-23-11-4-12-24-39;1-3-2/h1-34H;3H,1H2,2H3. The van der Waals surface area contributed by atoms with Gasteiger partial charge in [0, 0.05) is 33.8 Å². The van der Waals surface area contributed by atoms with Crippen LogP contribution in [0.1, 0.15) is 6.92 Å². The van der Waals surface area contributed by atoms with Gasteiger partial charge in [-0.2, -0.15) is 0 Å². The van der Waals surface area contributed by atoms with Crippen molar-refractivity contribution < 1.29 is 0 Å². The van der Waals surface area contributed by atoms with Gasteiger partial charge in [-0.3, -0.25) is 0 Å². The summed E-state index contributed by atoms with van der Waals surface area (Å²) >= 11 is 0. The molecule has 0 aliphatic rings. The molecule has 4 nitrogen and oxygen atoms in total. The Bertz CT molecular complexity index is 2900. The third-order valence-corrected chi connectivity index (χ3v) is 10.3. The maximum absolute atomic E-state index is 5.14. The molecule has 0 saturated heterocycles. The van der Waals surface area contributed by atoms with E-state index in [-0.39, 0.29) is 0 Å². The molecule has 0 bridgehead atoms. The lowest BCUT2D eigenvalue weighted by Gasteiger charge is -2.25. The van der Waals surface area contributed by atoms with Gasteiger partial charge in [0.1, 0.15) is 0 Å². The number of para-hydroxylation sites is 2. The second kappa shape index (κ2) is 16.2. The summed E-state index contributed by atoms with van der Waals surface area (Å²) in [6.07, 6.45) is 1.75. The van der Waals surface area contributed by atoms with Crippen LogP contribution in [0.15, 0.2) is 219 Å². The lowest BCUT2D eigenvalue weighted by Crippen LogP contribution is -2.09. The van der Waals surface area contributed by atoms with Crippen molar-refractivity contribution in [1.29, 1.82) is 0 Å². The Balaban J connectivity index is 0.00000141. The Kier molecular flexibility index (Phi) is 10.0. The van der Waals surface area contributed by atoms with Crippen LogP contribution in [0.4, 0.5) is 17.1 Å². The van der Waals surface area contributed by atoms with E-state index >= 15 is 0 Å². The van der Waals surface area contributed by atoms with Crippen LogP contribution < -0.4 is 4.90 Å². The van der Waals surface area contributed by atoms with Crippen LogP contribution in [-0.2, 0) is 0 Å². The summed E-state index contributed by atoms with van der Waals surface area (Å²) < 4.78 is 0. The molecule has 0 unspecified atom stereocenters. The maximum atomic E-state index is 5.14. The summed E-state index contributed by atoms with van der Waals surface area (Å²) in [6, 6.07) is 72.3. The number of fused-ring (bicyclic) bond motifs is 5. The highest BCUT2D eigenvalue weighted by Gasteiger charge is 2.19. The summed E-state index contributed by atoms with van der Waals surface area (Å²) in [5, 5.41) is 6.97. The Hall–Kier alpha value is -7.69. The summed E-state index contributed by atoms with van der Waals surface area (Å²) in [5.74, 6) is 1.95. The van der Waals surface area contributed by atoms with Crippen LogP contribution in [0.3, 0.4) is 0 Å². The fourth-order valence-corrected chi connectivity index (χ4v) is 7.70. The molecular formula is C54H40N4. The van der Waals surface area contributed by atoms with E-state index in [1.807, 2.05) is 43.3 Å². The fraction of sp³-hybridized carbons (Fsp3) is 0.0185. The van der Waals surface area contributed by atoms with Gasteiger partial charge in [0.2, 0.25) is 0 Å². The predicted molar refractivity (Wildman–Crippen MR) is 245 cm³/mol. The average molecular weight is 745 g/mol. The van der Waals surface area contributed by atoms with Gasteiger partial charge in [-0.15, -0.1) is 6.58 Å². The van der Waals surface area contributed by atoms with E-state index in [4.69, 9.17) is 15.0 Å². The van der Waals surface area contributed by atoms with Gasteiger partial charge in [-0.25, -0.2) is 15.0 Å². The second-order valence-electron chi connectivity index (χ2n) is 14.0. The van der Waals surface area contributed by atoms with E-state index in [9.17, 15) is 0 Å². The van der Waals surface area contributed by atoms with Gasteiger partial charge in [0.25, 0.3) is 0 Å². The molecule has 0 aliphatic carbocycles. The van der Waals surface area contributed by atoms with Crippen LogP contribution in [0.2, 0.25) is 0 Å². The largest absolute Gasteiger partial charge is 0.311 e. The van der Waals surface area contributed by atoms with E-state index in [0.29, 0.717) is 17.5 Å². The molecule has 0 saturated carbocycles. The van der Waals surface area contributed by atoms with Crippen molar-refractivity contribution in [1.82, 2.24) is 15.0 Å². The average Bonchev–Trinajstić information content (AvgIpc) is 3.30. The number of nitrogens with zero attached hydrogens (tertiary/aromatic N) is 4. The summed E-state index contributed by atoms with van der Waals surface area (Å²) in [4.78, 5) is 17.5. The Morgan fingerprint density at radius 2 is 0.690 bits per heavy atom. The molecule has 10 aromatic rings. The van der Waals surface area contributed by atoms with E-state index < -0.39 is 0 Å². The Morgan fingerprint density at radius 1 is 0.345 bits per heavy atom. The number of anilines is 3. The molecule has 0 radical (unpaired) electrons. The first-order valence-electron chi connectivity index (χ1n) is 19.5. The van der Waals surface area contributed by atoms with E-state index in [1.54, 1.807) is 6.08 Å². The van der Waals surface area contributed by atoms with Gasteiger partial charge in [0.05, 0.1) is 0 Å². The van der Waals surface area contributed by atoms with Crippen LogP contribution in [0, 0.1) is 0 Å². The maximum Gasteiger partial charge on any atom is 0.164 e. The molecule has 58 heavy (non-hydrogen) atoms. The molecule has 10 rings (SSSR count). The highest BCUT2D eigenvalue weighted by molar-refractivity contribution is 6.23. The highest BCUT2D eigenvalue weighted by atomic mass is 15.1. The lowest BCUT2D eigenvalue weighted by molar-refractivity contribution is 1.08. The van der Waals surface area contributed by atoms with Crippen LogP contribution >= 0.6 is 0 Å². The zero-order valence-electron chi connectivity index (χ0n) is 32.2. The molecule has 0 fully saturated rings. The van der Waals surface area contributed by atoms with E-state index in [1.165, 1.54) is 21.7 Å². The summed E-state index contributed by atoms with van der Waals surface area (Å²) in [7, 11) is 0. The van der Waals surface area contributed by atoms with Crippen molar-refractivity contribution in [3.05, 3.63) is 219 Å². The molecule has 0 N–H and O–H groups in total. The molecule has 9 aromatic carbocycles. The summed E-state index contributed by atoms with van der Waals surface area (Å²) in [6.45, 7) is 5.25. The first-order valence-corrected chi connectivity index (χ1v) is 19.5. The van der Waals surface area contributed by atoms with Crippen molar-refractivity contribution in [2.24, 2.45) is 0 Å². The minimum Gasteiger partial charge on any atom is -0.311 e. The van der Waals surface area contributed by atoms with Crippen LogP contribution in [-0.4, -0.2) is 15.0 Å². The monoisotopic (exact) mass is 744 g/mol. The van der Waals surface area contributed by atoms with E-state index in [2.05, 4.69) is 181 Å². The minimum atomic E-state index is 0.648. The molecule has 0 aliphatic heterocycles. The second-order valence-corrected chi connectivity index (χ2v) is 14.0. The molecule has 276 valence electrons. The van der Waals surface area contributed by atoms with Crippen molar-refractivity contribution in [3.63, 3.8) is 0 Å². The number of hydrogen-bond acceptors (Lipinski definition) is 4. The quantitative estimate of drug-likeness (QED) is 0.120. The van der Waals surface area contributed by atoms with Gasteiger partial charge in [-0.1, -0.05) is 164 Å². The number of hydrogen-bond donors (Lipinski definition) is 0. The zero-order valence-corrected chi connectivity index (χ0v) is 32.2. The van der Waals surface area contributed by atoms with Crippen LogP contribution in [0.25, 0.3) is 77.6 Å². The first-order chi connectivity index (χ1) is 28.7. The zero-order chi connectivity index (χ0) is 39.3. The predicted octanol–water partition coefficient (Wildman–Crippen LogP) is 14.7. The molecule has 1 heterocycles. The van der Waals surface area contributed by atoms with E-state index in [0.717, 1.165) is 55.5 Å². The van der Waals surface area contributed by atoms with Gasteiger partial charge in [0.15, 0.2) is 17.5 Å². The Labute approximate surface area is 339 Å². The van der Waals surface area contributed by atoms with Gasteiger partial charge < -0.3 is 4.90 Å². The van der Waals surface area contributed by atoms with Gasteiger partial charge in [-0.05, 0) is 98.9 Å².